The Morgan fingerprint density at radius 2 is 2.00 bits per heavy atom. The number of allylic oxidation sites excluding steroid dienone is 1. The van der Waals surface area contributed by atoms with Crippen molar-refractivity contribution in [2.24, 2.45) is 17.3 Å². The van der Waals surface area contributed by atoms with E-state index >= 15 is 0 Å². The van der Waals surface area contributed by atoms with Crippen LogP contribution in [-0.4, -0.2) is 5.78 Å². The molecule has 1 aliphatic rings. The predicted octanol–water partition coefficient (Wildman–Crippen LogP) is 6.04. The van der Waals surface area contributed by atoms with Crippen LogP contribution in [-0.2, 0) is 4.79 Å². The van der Waals surface area contributed by atoms with Gasteiger partial charge in [0.05, 0.1) is 10.0 Å². The zero-order valence-corrected chi connectivity index (χ0v) is 14.6. The second-order valence-corrected chi connectivity index (χ2v) is 7.37. The number of hydrogen-bond acceptors (Lipinski definition) is 1. The first kappa shape index (κ1) is 16.6. The minimum atomic E-state index is -0.274. The Kier molecular flexibility index (Phi) is 4.85. The molecule has 0 radical (unpaired) electrons. The van der Waals surface area contributed by atoms with E-state index in [-0.39, 0.29) is 17.1 Å². The summed E-state index contributed by atoms with van der Waals surface area (Å²) in [4.78, 5) is 13.0. The van der Waals surface area contributed by atoms with Gasteiger partial charge in [-0.2, -0.15) is 0 Å². The lowest BCUT2D eigenvalue weighted by Crippen LogP contribution is -2.40. The van der Waals surface area contributed by atoms with E-state index in [1.807, 2.05) is 18.2 Å². The molecule has 0 saturated heterocycles. The monoisotopic (exact) mass is 324 g/mol. The SMILES string of the molecule is CC(C)[C@@]1(C)CC[C@H](C)C(=Cc2cccc(Cl)c2Cl)C1=O. The molecule has 3 heteroatoms. The molecule has 0 aromatic heterocycles. The van der Waals surface area contributed by atoms with Gasteiger partial charge in [-0.25, -0.2) is 0 Å². The fourth-order valence-corrected chi connectivity index (χ4v) is 3.26. The second-order valence-electron chi connectivity index (χ2n) is 6.58. The third-order valence-electron chi connectivity index (χ3n) is 4.98. The Hall–Kier alpha value is -0.790. The van der Waals surface area contributed by atoms with Crippen molar-refractivity contribution in [3.05, 3.63) is 39.4 Å². The summed E-state index contributed by atoms with van der Waals surface area (Å²) in [5, 5.41) is 1.04. The number of hydrogen-bond donors (Lipinski definition) is 0. The van der Waals surface area contributed by atoms with Crippen LogP contribution in [0.5, 0.6) is 0 Å². The summed E-state index contributed by atoms with van der Waals surface area (Å²) < 4.78 is 0. The smallest absolute Gasteiger partial charge is 0.165 e. The van der Waals surface area contributed by atoms with Crippen molar-refractivity contribution in [1.82, 2.24) is 0 Å². The normalized spacial score (nSPS) is 28.4. The van der Waals surface area contributed by atoms with Gasteiger partial charge in [-0.15, -0.1) is 0 Å². The molecule has 21 heavy (non-hydrogen) atoms. The average Bonchev–Trinajstić information content (AvgIpc) is 2.43. The highest BCUT2D eigenvalue weighted by molar-refractivity contribution is 6.43. The highest BCUT2D eigenvalue weighted by atomic mass is 35.5. The van der Waals surface area contributed by atoms with Crippen LogP contribution in [0.4, 0.5) is 0 Å². The van der Waals surface area contributed by atoms with E-state index in [1.54, 1.807) is 6.07 Å². The van der Waals surface area contributed by atoms with Gasteiger partial charge in [-0.1, -0.05) is 63.0 Å². The topological polar surface area (TPSA) is 17.1 Å². The van der Waals surface area contributed by atoms with Gasteiger partial charge in [0, 0.05) is 5.41 Å². The zero-order chi connectivity index (χ0) is 15.8. The Balaban J connectivity index is 2.47. The van der Waals surface area contributed by atoms with Gasteiger partial charge in [-0.3, -0.25) is 4.79 Å². The quantitative estimate of drug-likeness (QED) is 0.606. The van der Waals surface area contributed by atoms with E-state index in [0.717, 1.165) is 24.0 Å². The zero-order valence-electron chi connectivity index (χ0n) is 13.0. The first-order valence-corrected chi connectivity index (χ1v) is 8.23. The van der Waals surface area contributed by atoms with Crippen molar-refractivity contribution in [3.63, 3.8) is 0 Å². The molecule has 0 spiro atoms. The van der Waals surface area contributed by atoms with E-state index in [9.17, 15) is 4.79 Å². The summed E-state index contributed by atoms with van der Waals surface area (Å²) in [5.74, 6) is 0.849. The van der Waals surface area contributed by atoms with E-state index < -0.39 is 0 Å². The molecule has 1 saturated carbocycles. The summed E-state index contributed by atoms with van der Waals surface area (Å²) in [5.41, 5.74) is 1.43. The molecule has 0 amide bonds. The molecule has 114 valence electrons. The lowest BCUT2D eigenvalue weighted by atomic mass is 9.63. The van der Waals surface area contributed by atoms with Crippen LogP contribution in [0, 0.1) is 17.3 Å². The highest BCUT2D eigenvalue weighted by Gasteiger charge is 2.42. The summed E-state index contributed by atoms with van der Waals surface area (Å²) in [6.07, 6.45) is 3.91. The lowest BCUT2D eigenvalue weighted by Gasteiger charge is -2.39. The van der Waals surface area contributed by atoms with E-state index in [1.165, 1.54) is 0 Å². The van der Waals surface area contributed by atoms with Crippen molar-refractivity contribution in [2.75, 3.05) is 0 Å². The molecule has 2 rings (SSSR count). The number of benzene rings is 1. The third kappa shape index (κ3) is 3.05. The van der Waals surface area contributed by atoms with Gasteiger partial charge in [0.15, 0.2) is 5.78 Å². The molecular formula is C18H22Cl2O. The molecule has 1 aromatic carbocycles. The molecule has 0 bridgehead atoms. The van der Waals surface area contributed by atoms with Crippen LogP contribution >= 0.6 is 23.2 Å². The summed E-state index contributed by atoms with van der Waals surface area (Å²) >= 11 is 12.3. The van der Waals surface area contributed by atoms with Gasteiger partial charge >= 0.3 is 0 Å². The Morgan fingerprint density at radius 3 is 2.62 bits per heavy atom. The van der Waals surface area contributed by atoms with Crippen molar-refractivity contribution < 1.29 is 4.79 Å². The molecule has 0 heterocycles. The summed E-state index contributed by atoms with van der Waals surface area (Å²) in [6, 6.07) is 5.53. The fraction of sp³-hybridized carbons (Fsp3) is 0.500. The maximum absolute atomic E-state index is 13.0. The number of ketones is 1. The predicted molar refractivity (Wildman–Crippen MR) is 90.8 cm³/mol. The molecule has 1 fully saturated rings. The minimum absolute atomic E-state index is 0.257. The van der Waals surface area contributed by atoms with Crippen LogP contribution in [0.1, 0.15) is 46.1 Å². The van der Waals surface area contributed by atoms with E-state index in [0.29, 0.717) is 16.0 Å². The molecule has 0 N–H and O–H groups in total. The lowest BCUT2D eigenvalue weighted by molar-refractivity contribution is -0.129. The maximum Gasteiger partial charge on any atom is 0.165 e. The summed E-state index contributed by atoms with van der Waals surface area (Å²) in [7, 11) is 0. The van der Waals surface area contributed by atoms with Gasteiger partial charge in [0.1, 0.15) is 0 Å². The van der Waals surface area contributed by atoms with Gasteiger partial charge < -0.3 is 0 Å². The minimum Gasteiger partial charge on any atom is -0.294 e. The fourth-order valence-electron chi connectivity index (χ4n) is 2.90. The molecule has 1 aliphatic carbocycles. The van der Waals surface area contributed by atoms with Crippen LogP contribution < -0.4 is 0 Å². The molecule has 1 aromatic rings. The van der Waals surface area contributed by atoms with Crippen molar-refractivity contribution in [3.8, 4) is 0 Å². The second kappa shape index (κ2) is 6.14. The summed E-state index contributed by atoms with van der Waals surface area (Å²) in [6.45, 7) is 8.44. The Morgan fingerprint density at radius 1 is 1.33 bits per heavy atom. The van der Waals surface area contributed by atoms with Crippen molar-refractivity contribution in [1.29, 1.82) is 0 Å². The average molecular weight is 325 g/mol. The van der Waals surface area contributed by atoms with Gasteiger partial charge in [0.25, 0.3) is 0 Å². The molecule has 0 aliphatic heterocycles. The number of halogens is 2. The van der Waals surface area contributed by atoms with Crippen LogP contribution in [0.25, 0.3) is 6.08 Å². The van der Waals surface area contributed by atoms with Crippen molar-refractivity contribution >= 4 is 35.1 Å². The van der Waals surface area contributed by atoms with Crippen LogP contribution in [0.3, 0.4) is 0 Å². The largest absolute Gasteiger partial charge is 0.294 e. The van der Waals surface area contributed by atoms with Gasteiger partial charge in [-0.05, 0) is 48.0 Å². The molecule has 0 unspecified atom stereocenters. The first-order chi connectivity index (χ1) is 9.77. The molecule has 1 nitrogen and oxygen atoms in total. The maximum atomic E-state index is 13.0. The highest BCUT2D eigenvalue weighted by Crippen LogP contribution is 2.44. The number of rotatable bonds is 2. The van der Waals surface area contributed by atoms with Crippen LogP contribution in [0.2, 0.25) is 10.0 Å². The third-order valence-corrected chi connectivity index (χ3v) is 5.81. The number of Topliss-reactive ketones (excluding diaryl/α,β-unsaturated/α-hetero) is 1. The molecule has 2 atom stereocenters. The van der Waals surface area contributed by atoms with E-state index in [4.69, 9.17) is 23.2 Å². The molecular weight excluding hydrogens is 303 g/mol. The van der Waals surface area contributed by atoms with Crippen LogP contribution in [0.15, 0.2) is 23.8 Å². The first-order valence-electron chi connectivity index (χ1n) is 7.47. The van der Waals surface area contributed by atoms with Gasteiger partial charge in [0.2, 0.25) is 0 Å². The Labute approximate surface area is 137 Å². The number of carbonyl (C=O) groups excluding carboxylic acids is 1. The number of carbonyl (C=O) groups is 1. The van der Waals surface area contributed by atoms with E-state index in [2.05, 4.69) is 27.7 Å². The Bertz CT molecular complexity index is 589. The standard InChI is InChI=1S/C18H22Cl2O/c1-11(2)18(4)9-8-12(3)14(17(18)21)10-13-6-5-7-15(19)16(13)20/h5-7,10-12H,8-9H2,1-4H3/t12-,18+/m0/s1. The van der Waals surface area contributed by atoms with Crippen molar-refractivity contribution in [2.45, 2.75) is 40.5 Å².